The molecule has 2 amide bonds. The fourth-order valence-electron chi connectivity index (χ4n) is 5.15. The third-order valence-corrected chi connectivity index (χ3v) is 7.12. The number of aryl methyl sites for hydroxylation is 1. The zero-order valence-electron chi connectivity index (χ0n) is 16.2. The van der Waals surface area contributed by atoms with Crippen molar-refractivity contribution in [2.75, 3.05) is 13.7 Å². The van der Waals surface area contributed by atoms with Crippen molar-refractivity contribution in [1.29, 1.82) is 0 Å². The lowest BCUT2D eigenvalue weighted by atomic mass is 9.67. The summed E-state index contributed by atoms with van der Waals surface area (Å²) >= 11 is 0. The summed E-state index contributed by atoms with van der Waals surface area (Å²) in [4.78, 5) is 26.0. The summed E-state index contributed by atoms with van der Waals surface area (Å²) in [7, 11) is 1.95. The maximum Gasteiger partial charge on any atom is 0.407 e. The summed E-state index contributed by atoms with van der Waals surface area (Å²) in [5, 5.41) is 2.87. The molecule has 0 bridgehead atoms. The van der Waals surface area contributed by atoms with Crippen LogP contribution in [0.25, 0.3) is 0 Å². The number of carbonyl (C=O) groups excluding carboxylic acids is 2. The van der Waals surface area contributed by atoms with Crippen LogP contribution in [0.2, 0.25) is 0 Å². The molecule has 3 aliphatic carbocycles. The molecular formula is C22H28N2O3. The van der Waals surface area contributed by atoms with Crippen LogP contribution in [0.15, 0.2) is 18.2 Å². The lowest BCUT2D eigenvalue weighted by Gasteiger charge is -2.47. The lowest BCUT2D eigenvalue weighted by molar-refractivity contribution is -0.143. The molecule has 1 saturated heterocycles. The average Bonchev–Trinajstić information content (AvgIpc) is 3.33. The molecule has 1 heterocycles. The first-order valence-corrected chi connectivity index (χ1v) is 10.3. The predicted molar refractivity (Wildman–Crippen MR) is 102 cm³/mol. The number of alkyl carbamates (subject to hydrolysis) is 1. The molecule has 27 heavy (non-hydrogen) atoms. The Kier molecular flexibility index (Phi) is 3.78. The molecule has 1 N–H and O–H groups in total. The van der Waals surface area contributed by atoms with Crippen molar-refractivity contribution < 1.29 is 14.3 Å². The van der Waals surface area contributed by atoms with Crippen LogP contribution in [0.5, 0.6) is 0 Å². The van der Waals surface area contributed by atoms with Gasteiger partial charge in [0.05, 0.1) is 5.54 Å². The number of nitrogens with one attached hydrogen (secondary N) is 1. The Hall–Kier alpha value is -2.04. The van der Waals surface area contributed by atoms with Crippen LogP contribution in [0.4, 0.5) is 4.79 Å². The van der Waals surface area contributed by atoms with Crippen LogP contribution in [-0.2, 0) is 9.53 Å². The zero-order valence-corrected chi connectivity index (χ0v) is 16.2. The minimum absolute atomic E-state index is 0.0245. The highest BCUT2D eigenvalue weighted by molar-refractivity contribution is 5.81. The highest BCUT2D eigenvalue weighted by Crippen LogP contribution is 2.46. The number of benzene rings is 1. The molecular weight excluding hydrogens is 340 g/mol. The van der Waals surface area contributed by atoms with Crippen molar-refractivity contribution in [1.82, 2.24) is 10.2 Å². The van der Waals surface area contributed by atoms with Crippen molar-refractivity contribution >= 4 is 12.0 Å². The molecule has 1 aromatic rings. The summed E-state index contributed by atoms with van der Waals surface area (Å²) in [5.41, 5.74) is 4.06. The molecule has 4 fully saturated rings. The Morgan fingerprint density at radius 2 is 1.81 bits per heavy atom. The van der Waals surface area contributed by atoms with E-state index in [1.807, 2.05) is 11.9 Å². The first-order chi connectivity index (χ1) is 12.9. The molecule has 0 radical (unpaired) electrons. The van der Waals surface area contributed by atoms with E-state index >= 15 is 0 Å². The van der Waals surface area contributed by atoms with Crippen molar-refractivity contribution in [2.24, 2.45) is 5.92 Å². The molecule has 5 nitrogen and oxygen atoms in total. The van der Waals surface area contributed by atoms with E-state index in [1.165, 1.54) is 29.5 Å². The van der Waals surface area contributed by atoms with Gasteiger partial charge < -0.3 is 15.0 Å². The summed E-state index contributed by atoms with van der Waals surface area (Å²) < 4.78 is 5.01. The van der Waals surface area contributed by atoms with E-state index in [0.717, 1.165) is 18.8 Å². The van der Waals surface area contributed by atoms with Gasteiger partial charge in [0.15, 0.2) is 0 Å². The van der Waals surface area contributed by atoms with E-state index in [4.69, 9.17) is 4.74 Å². The van der Waals surface area contributed by atoms with Gasteiger partial charge in [-0.25, -0.2) is 4.79 Å². The van der Waals surface area contributed by atoms with Crippen LogP contribution in [0.3, 0.4) is 0 Å². The molecule has 1 aliphatic heterocycles. The number of nitrogens with zero attached hydrogens (tertiary/aromatic N) is 1. The van der Waals surface area contributed by atoms with Gasteiger partial charge in [0.1, 0.15) is 6.61 Å². The molecule has 1 spiro atoms. The minimum Gasteiger partial charge on any atom is -0.447 e. The molecule has 3 saturated carbocycles. The Morgan fingerprint density at radius 3 is 2.41 bits per heavy atom. The van der Waals surface area contributed by atoms with Gasteiger partial charge >= 0.3 is 6.09 Å². The minimum atomic E-state index is -0.347. The van der Waals surface area contributed by atoms with Crippen LogP contribution in [-0.4, -0.2) is 42.1 Å². The maximum absolute atomic E-state index is 12.8. The fourth-order valence-corrected chi connectivity index (χ4v) is 5.15. The highest BCUT2D eigenvalue weighted by Gasteiger charge is 2.53. The second-order valence-electron chi connectivity index (χ2n) is 9.31. The van der Waals surface area contributed by atoms with Crippen molar-refractivity contribution in [3.05, 3.63) is 34.9 Å². The van der Waals surface area contributed by atoms with E-state index < -0.39 is 0 Å². The van der Waals surface area contributed by atoms with E-state index in [1.54, 1.807) is 0 Å². The number of rotatable bonds is 4. The normalized spacial score (nSPS) is 34.4. The molecule has 0 aromatic heterocycles. The van der Waals surface area contributed by atoms with E-state index in [9.17, 15) is 9.59 Å². The van der Waals surface area contributed by atoms with Crippen molar-refractivity contribution in [2.45, 2.75) is 68.9 Å². The Balaban J connectivity index is 1.16. The lowest BCUT2D eigenvalue weighted by Crippen LogP contribution is -2.59. The monoisotopic (exact) mass is 368 g/mol. The smallest absolute Gasteiger partial charge is 0.407 e. The molecule has 4 aliphatic rings. The number of carbonyl (C=O) groups is 2. The first kappa shape index (κ1) is 17.1. The molecule has 0 atom stereocenters. The van der Waals surface area contributed by atoms with Gasteiger partial charge in [-0.15, -0.1) is 0 Å². The van der Waals surface area contributed by atoms with E-state index in [-0.39, 0.29) is 23.5 Å². The van der Waals surface area contributed by atoms with Crippen LogP contribution >= 0.6 is 0 Å². The first-order valence-electron chi connectivity index (χ1n) is 10.3. The third kappa shape index (κ3) is 3.01. The average molecular weight is 368 g/mol. The van der Waals surface area contributed by atoms with Crippen molar-refractivity contribution in [3.63, 3.8) is 0 Å². The van der Waals surface area contributed by atoms with Gasteiger partial charge in [-0.05, 0) is 68.4 Å². The van der Waals surface area contributed by atoms with Crippen LogP contribution < -0.4 is 5.32 Å². The van der Waals surface area contributed by atoms with Gasteiger partial charge in [0.25, 0.3) is 0 Å². The largest absolute Gasteiger partial charge is 0.447 e. The molecule has 1 aromatic carbocycles. The second kappa shape index (κ2) is 5.98. The number of amides is 2. The van der Waals surface area contributed by atoms with Crippen molar-refractivity contribution in [3.8, 4) is 0 Å². The number of hydrogen-bond donors (Lipinski definition) is 1. The van der Waals surface area contributed by atoms with E-state index in [0.29, 0.717) is 31.4 Å². The molecule has 5 heteroatoms. The van der Waals surface area contributed by atoms with Crippen LogP contribution in [0.1, 0.15) is 67.1 Å². The maximum atomic E-state index is 12.8. The SMILES string of the molecule is Cc1cc(C2CC2)cc([C@H]2C[C@@H](N(C)C(=O)[C@H]3C[C@]4(COC(=O)N4)C3)C2)c1. The van der Waals surface area contributed by atoms with Gasteiger partial charge in [-0.1, -0.05) is 23.8 Å². The predicted octanol–water partition coefficient (Wildman–Crippen LogP) is 3.47. The Bertz CT molecular complexity index is 789. The number of cyclic esters (lactones) is 1. The highest BCUT2D eigenvalue weighted by atomic mass is 16.6. The Morgan fingerprint density at radius 1 is 1.15 bits per heavy atom. The zero-order chi connectivity index (χ0) is 18.8. The molecule has 5 rings (SSSR count). The van der Waals surface area contributed by atoms with Crippen LogP contribution in [0, 0.1) is 12.8 Å². The summed E-state index contributed by atoms with van der Waals surface area (Å²) in [6, 6.07) is 7.42. The number of ether oxygens (including phenoxy) is 1. The van der Waals surface area contributed by atoms with Gasteiger partial charge in [-0.2, -0.15) is 0 Å². The molecule has 0 unspecified atom stereocenters. The quantitative estimate of drug-likeness (QED) is 0.885. The Labute approximate surface area is 160 Å². The molecule has 144 valence electrons. The summed E-state index contributed by atoms with van der Waals surface area (Å²) in [6.07, 6.45) is 5.87. The van der Waals surface area contributed by atoms with E-state index in [2.05, 4.69) is 30.4 Å². The fraction of sp³-hybridized carbons (Fsp3) is 0.636. The topological polar surface area (TPSA) is 58.6 Å². The van der Waals surface area contributed by atoms with Gasteiger partial charge in [-0.3, -0.25) is 4.79 Å². The second-order valence-corrected chi connectivity index (χ2v) is 9.31. The third-order valence-electron chi connectivity index (χ3n) is 7.12. The van der Waals surface area contributed by atoms with Gasteiger partial charge in [0, 0.05) is 19.0 Å². The summed E-state index contributed by atoms with van der Waals surface area (Å²) in [5.74, 6) is 1.62. The summed E-state index contributed by atoms with van der Waals surface area (Å²) in [6.45, 7) is 2.60. The standard InChI is InChI=1S/C22H28N2O3/c1-13-5-15(14-3-4-14)7-16(6-13)17-8-19(9-17)24(2)20(25)18-10-22(11-18)12-27-21(26)23-22/h5-7,14,17-19H,3-4,8-12H2,1-2H3,(H,23,26)/t17-,18-,19+,22+. The van der Waals surface area contributed by atoms with Gasteiger partial charge in [0.2, 0.25) is 5.91 Å². The number of hydrogen-bond acceptors (Lipinski definition) is 3.